The highest BCUT2D eigenvalue weighted by Gasteiger charge is 2.15. The molecule has 0 aliphatic carbocycles. The Balaban J connectivity index is 2.15. The van der Waals surface area contributed by atoms with E-state index in [1.807, 2.05) is 42.7 Å². The number of carbonyl (C=O) groups excluding carboxylic acids is 1. The third kappa shape index (κ3) is 5.09. The molecule has 25 heavy (non-hydrogen) atoms. The Labute approximate surface area is 152 Å². The van der Waals surface area contributed by atoms with Crippen molar-refractivity contribution in [3.8, 4) is 17.1 Å². The molecule has 0 spiro atoms. The van der Waals surface area contributed by atoms with E-state index in [1.165, 1.54) is 11.8 Å². The van der Waals surface area contributed by atoms with Gasteiger partial charge in [0.25, 0.3) is 0 Å². The fourth-order valence-corrected chi connectivity index (χ4v) is 2.95. The number of allylic oxidation sites excluding steroid dienone is 1. The van der Waals surface area contributed by atoms with Crippen molar-refractivity contribution in [2.45, 2.75) is 38.0 Å². The minimum atomic E-state index is -0.00139. The van der Waals surface area contributed by atoms with Crippen LogP contribution in [-0.2, 0) is 11.3 Å². The maximum atomic E-state index is 12.0. The number of hydrogen-bond acceptors (Lipinski definition) is 5. The van der Waals surface area contributed by atoms with E-state index in [1.54, 1.807) is 13.2 Å². The van der Waals surface area contributed by atoms with Crippen molar-refractivity contribution in [2.75, 3.05) is 12.9 Å². The highest BCUT2D eigenvalue weighted by Crippen LogP contribution is 2.25. The molecule has 0 unspecified atom stereocenters. The normalized spacial score (nSPS) is 11.8. The first-order chi connectivity index (χ1) is 12.1. The van der Waals surface area contributed by atoms with Crippen molar-refractivity contribution in [1.82, 2.24) is 20.1 Å². The molecule has 0 fully saturated rings. The second kappa shape index (κ2) is 9.27. The van der Waals surface area contributed by atoms with Gasteiger partial charge in [-0.05, 0) is 37.6 Å². The lowest BCUT2D eigenvalue weighted by atomic mass is 10.2. The molecule has 1 aromatic heterocycles. The topological polar surface area (TPSA) is 69.0 Å². The summed E-state index contributed by atoms with van der Waals surface area (Å²) in [6, 6.07) is 7.82. The summed E-state index contributed by atoms with van der Waals surface area (Å²) in [7, 11) is 1.63. The molecular formula is C18H24N4O2S. The van der Waals surface area contributed by atoms with Crippen LogP contribution in [0.1, 0.15) is 20.3 Å². The standard InChI is InChI=1S/C18H24N4O2S/c1-5-11-22-17(14-7-9-15(24-4)10-8-14)20-21-18(22)25-12-16(23)19-13(3)6-2/h5,7-10,13H,1,6,11-12H2,2-4H3,(H,19,23)/t13-/m0/s1. The van der Waals surface area contributed by atoms with E-state index in [0.29, 0.717) is 17.5 Å². The summed E-state index contributed by atoms with van der Waals surface area (Å²) >= 11 is 1.38. The molecule has 134 valence electrons. The van der Waals surface area contributed by atoms with Crippen LogP contribution in [0.25, 0.3) is 11.4 Å². The third-order valence-corrected chi connectivity index (χ3v) is 4.70. The van der Waals surface area contributed by atoms with Gasteiger partial charge in [0.2, 0.25) is 5.91 Å². The van der Waals surface area contributed by atoms with Crippen LogP contribution in [0.3, 0.4) is 0 Å². The van der Waals surface area contributed by atoms with Crippen LogP contribution < -0.4 is 10.1 Å². The molecule has 0 radical (unpaired) electrons. The van der Waals surface area contributed by atoms with Gasteiger partial charge >= 0.3 is 0 Å². The molecule has 0 saturated heterocycles. The quantitative estimate of drug-likeness (QED) is 0.549. The maximum Gasteiger partial charge on any atom is 0.230 e. The van der Waals surface area contributed by atoms with E-state index in [9.17, 15) is 4.79 Å². The Bertz CT molecular complexity index is 712. The van der Waals surface area contributed by atoms with Crippen molar-refractivity contribution >= 4 is 17.7 Å². The molecule has 1 aromatic carbocycles. The molecule has 1 atom stereocenters. The van der Waals surface area contributed by atoms with Gasteiger partial charge in [-0.15, -0.1) is 16.8 Å². The maximum absolute atomic E-state index is 12.0. The molecule has 2 rings (SSSR count). The summed E-state index contributed by atoms with van der Waals surface area (Å²) in [5, 5.41) is 12.2. The molecule has 1 N–H and O–H groups in total. The van der Waals surface area contributed by atoms with E-state index >= 15 is 0 Å². The van der Waals surface area contributed by atoms with E-state index in [2.05, 4.69) is 22.1 Å². The highest BCUT2D eigenvalue weighted by atomic mass is 32.2. The molecule has 0 saturated carbocycles. The number of carbonyl (C=O) groups is 1. The highest BCUT2D eigenvalue weighted by molar-refractivity contribution is 7.99. The second-order valence-corrected chi connectivity index (χ2v) is 6.54. The molecule has 0 aliphatic heterocycles. The molecule has 0 bridgehead atoms. The number of nitrogens with one attached hydrogen (secondary N) is 1. The number of aromatic nitrogens is 3. The summed E-state index contributed by atoms with van der Waals surface area (Å²) in [6.45, 7) is 8.40. The summed E-state index contributed by atoms with van der Waals surface area (Å²) < 4.78 is 7.14. The fourth-order valence-electron chi connectivity index (χ4n) is 2.19. The average molecular weight is 360 g/mol. The Morgan fingerprint density at radius 2 is 2.12 bits per heavy atom. The number of thioether (sulfide) groups is 1. The number of nitrogens with zero attached hydrogens (tertiary/aromatic N) is 3. The van der Waals surface area contributed by atoms with Crippen molar-refractivity contribution < 1.29 is 9.53 Å². The first-order valence-electron chi connectivity index (χ1n) is 8.19. The van der Waals surface area contributed by atoms with Crippen LogP contribution in [0.5, 0.6) is 5.75 Å². The SMILES string of the molecule is C=CCn1c(SCC(=O)N[C@@H](C)CC)nnc1-c1ccc(OC)cc1. The minimum Gasteiger partial charge on any atom is -0.497 e. The van der Waals surface area contributed by atoms with Gasteiger partial charge in [-0.2, -0.15) is 0 Å². The Morgan fingerprint density at radius 1 is 1.40 bits per heavy atom. The van der Waals surface area contributed by atoms with Gasteiger partial charge in [0.15, 0.2) is 11.0 Å². The predicted octanol–water partition coefficient (Wildman–Crippen LogP) is 3.15. The lowest BCUT2D eigenvalue weighted by Crippen LogP contribution is -2.33. The number of methoxy groups -OCH3 is 1. The van der Waals surface area contributed by atoms with Crippen LogP contribution in [0.4, 0.5) is 0 Å². The van der Waals surface area contributed by atoms with Gasteiger partial charge in [0.1, 0.15) is 5.75 Å². The van der Waals surface area contributed by atoms with Gasteiger partial charge in [-0.3, -0.25) is 9.36 Å². The predicted molar refractivity (Wildman–Crippen MR) is 101 cm³/mol. The van der Waals surface area contributed by atoms with Crippen LogP contribution in [0.2, 0.25) is 0 Å². The Hall–Kier alpha value is -2.28. The number of amides is 1. The first-order valence-corrected chi connectivity index (χ1v) is 9.18. The zero-order valence-electron chi connectivity index (χ0n) is 14.9. The fraction of sp³-hybridized carbons (Fsp3) is 0.389. The van der Waals surface area contributed by atoms with Crippen LogP contribution >= 0.6 is 11.8 Å². The van der Waals surface area contributed by atoms with Crippen molar-refractivity contribution in [3.63, 3.8) is 0 Å². The summed E-state index contributed by atoms with van der Waals surface area (Å²) in [4.78, 5) is 12.0. The van der Waals surface area contributed by atoms with Crippen LogP contribution in [0.15, 0.2) is 42.1 Å². The minimum absolute atomic E-state index is 0.00139. The van der Waals surface area contributed by atoms with Gasteiger partial charge in [-0.1, -0.05) is 24.8 Å². The summed E-state index contributed by atoms with van der Waals surface area (Å²) in [5.74, 6) is 1.84. The first kappa shape index (κ1) is 19.1. The Morgan fingerprint density at radius 3 is 2.72 bits per heavy atom. The van der Waals surface area contributed by atoms with E-state index in [0.717, 1.165) is 23.6 Å². The molecule has 1 heterocycles. The van der Waals surface area contributed by atoms with Crippen LogP contribution in [0, 0.1) is 0 Å². The molecule has 0 aliphatic rings. The summed E-state index contributed by atoms with van der Waals surface area (Å²) in [6.07, 6.45) is 2.70. The number of ether oxygens (including phenoxy) is 1. The number of hydrogen-bond donors (Lipinski definition) is 1. The van der Waals surface area contributed by atoms with Crippen molar-refractivity contribution in [1.29, 1.82) is 0 Å². The van der Waals surface area contributed by atoms with Crippen LogP contribution in [-0.4, -0.2) is 39.6 Å². The molecule has 1 amide bonds. The van der Waals surface area contributed by atoms with Crippen molar-refractivity contribution in [2.24, 2.45) is 0 Å². The zero-order valence-corrected chi connectivity index (χ0v) is 15.7. The summed E-state index contributed by atoms with van der Waals surface area (Å²) in [5.41, 5.74) is 0.936. The monoisotopic (exact) mass is 360 g/mol. The Kier molecular flexibility index (Phi) is 7.06. The van der Waals surface area contributed by atoms with E-state index in [4.69, 9.17) is 4.74 Å². The largest absolute Gasteiger partial charge is 0.497 e. The van der Waals surface area contributed by atoms with Gasteiger partial charge < -0.3 is 10.1 Å². The average Bonchev–Trinajstić information content (AvgIpc) is 3.03. The second-order valence-electron chi connectivity index (χ2n) is 5.60. The van der Waals surface area contributed by atoms with Gasteiger partial charge in [0, 0.05) is 18.2 Å². The van der Waals surface area contributed by atoms with Crippen molar-refractivity contribution in [3.05, 3.63) is 36.9 Å². The van der Waals surface area contributed by atoms with E-state index in [-0.39, 0.29) is 11.9 Å². The third-order valence-electron chi connectivity index (χ3n) is 3.73. The van der Waals surface area contributed by atoms with Gasteiger partial charge in [-0.25, -0.2) is 0 Å². The number of benzene rings is 1. The zero-order chi connectivity index (χ0) is 18.2. The van der Waals surface area contributed by atoms with Gasteiger partial charge in [0.05, 0.1) is 12.9 Å². The number of rotatable bonds is 9. The lowest BCUT2D eigenvalue weighted by molar-refractivity contribution is -0.119. The molecule has 6 nitrogen and oxygen atoms in total. The smallest absolute Gasteiger partial charge is 0.230 e. The molecule has 7 heteroatoms. The lowest BCUT2D eigenvalue weighted by Gasteiger charge is -2.11. The van der Waals surface area contributed by atoms with E-state index < -0.39 is 0 Å². The molecular weight excluding hydrogens is 336 g/mol. The molecule has 2 aromatic rings.